The second kappa shape index (κ2) is 10.9. The third-order valence-electron chi connectivity index (χ3n) is 6.25. The van der Waals surface area contributed by atoms with E-state index in [1.807, 2.05) is 32.0 Å². The molecule has 0 atom stereocenters. The molecule has 35 heavy (non-hydrogen) atoms. The summed E-state index contributed by atoms with van der Waals surface area (Å²) in [5.74, 6) is -0.970. The van der Waals surface area contributed by atoms with Gasteiger partial charge >= 0.3 is 0 Å². The summed E-state index contributed by atoms with van der Waals surface area (Å²) in [4.78, 5) is 31.3. The van der Waals surface area contributed by atoms with Crippen LogP contribution < -0.4 is 10.1 Å². The Morgan fingerprint density at radius 3 is 2.60 bits per heavy atom. The molecule has 1 aliphatic rings. The van der Waals surface area contributed by atoms with Crippen LogP contribution in [0.2, 0.25) is 0 Å². The van der Waals surface area contributed by atoms with Crippen LogP contribution in [0, 0.1) is 25.5 Å². The predicted molar refractivity (Wildman–Crippen MR) is 130 cm³/mol. The van der Waals surface area contributed by atoms with E-state index >= 15 is 0 Å². The van der Waals surface area contributed by atoms with E-state index in [1.165, 1.54) is 23.0 Å². The zero-order valence-electron chi connectivity index (χ0n) is 19.6. The molecular weight excluding hydrogens is 472 g/mol. The third kappa shape index (κ3) is 6.22. The fourth-order valence-electron chi connectivity index (χ4n) is 3.93. The second-order valence-corrected chi connectivity index (χ2v) is 9.57. The number of aromatic nitrogens is 1. The van der Waals surface area contributed by atoms with Crippen LogP contribution in [0.5, 0.6) is 5.75 Å². The highest BCUT2D eigenvalue weighted by Crippen LogP contribution is 2.30. The van der Waals surface area contributed by atoms with Crippen molar-refractivity contribution in [2.45, 2.75) is 39.2 Å². The first-order valence-corrected chi connectivity index (χ1v) is 12.3. The fraction of sp³-hybridized carbons (Fsp3) is 0.346. The maximum atomic E-state index is 13.8. The minimum Gasteiger partial charge on any atom is -0.484 e. The predicted octanol–water partition coefficient (Wildman–Crippen LogP) is 4.75. The number of rotatable bonds is 7. The summed E-state index contributed by atoms with van der Waals surface area (Å²) >= 11 is 1.41. The van der Waals surface area contributed by atoms with Gasteiger partial charge in [0.25, 0.3) is 11.8 Å². The Hall–Kier alpha value is -3.33. The van der Waals surface area contributed by atoms with Crippen molar-refractivity contribution in [1.29, 1.82) is 0 Å². The van der Waals surface area contributed by atoms with Gasteiger partial charge in [0.1, 0.15) is 23.1 Å². The van der Waals surface area contributed by atoms with Crippen molar-refractivity contribution in [2.75, 3.05) is 19.7 Å². The van der Waals surface area contributed by atoms with Crippen molar-refractivity contribution < 1.29 is 23.1 Å². The number of carbonyl (C=O) groups excluding carboxylic acids is 2. The highest BCUT2D eigenvalue weighted by molar-refractivity contribution is 7.09. The first kappa shape index (κ1) is 24.8. The van der Waals surface area contributed by atoms with Gasteiger partial charge in [-0.3, -0.25) is 9.59 Å². The average Bonchev–Trinajstić information content (AvgIpc) is 3.34. The molecule has 0 bridgehead atoms. The number of hydrogen-bond acceptors (Lipinski definition) is 5. The van der Waals surface area contributed by atoms with Gasteiger partial charge in [-0.2, -0.15) is 0 Å². The fourth-order valence-corrected chi connectivity index (χ4v) is 4.90. The molecule has 6 nitrogen and oxygen atoms in total. The topological polar surface area (TPSA) is 71.5 Å². The van der Waals surface area contributed by atoms with Crippen molar-refractivity contribution in [3.8, 4) is 5.75 Å². The number of ether oxygens (including phenoxy) is 1. The van der Waals surface area contributed by atoms with Crippen molar-refractivity contribution in [3.63, 3.8) is 0 Å². The Kier molecular flexibility index (Phi) is 7.75. The number of nitrogens with zero attached hydrogens (tertiary/aromatic N) is 2. The van der Waals surface area contributed by atoms with E-state index in [0.29, 0.717) is 18.8 Å². The number of nitrogens with one attached hydrogen (secondary N) is 1. The van der Waals surface area contributed by atoms with Gasteiger partial charge in [-0.05, 0) is 56.0 Å². The van der Waals surface area contributed by atoms with Crippen LogP contribution in [0.4, 0.5) is 8.78 Å². The van der Waals surface area contributed by atoms with Gasteiger partial charge < -0.3 is 15.0 Å². The highest BCUT2D eigenvalue weighted by atomic mass is 32.1. The Morgan fingerprint density at radius 2 is 1.89 bits per heavy atom. The van der Waals surface area contributed by atoms with Gasteiger partial charge in [-0.15, -0.1) is 11.3 Å². The summed E-state index contributed by atoms with van der Waals surface area (Å²) in [6.07, 6.45) is 1.51. The Balaban J connectivity index is 1.25. The van der Waals surface area contributed by atoms with Crippen LogP contribution in [0.3, 0.4) is 0 Å². The first-order valence-electron chi connectivity index (χ1n) is 11.5. The number of benzene rings is 2. The lowest BCUT2D eigenvalue weighted by molar-refractivity contribution is -0.134. The van der Waals surface area contributed by atoms with Crippen LogP contribution in [0.25, 0.3) is 0 Å². The third-order valence-corrected chi connectivity index (χ3v) is 7.25. The molecule has 0 aliphatic carbocycles. The van der Waals surface area contributed by atoms with E-state index in [9.17, 15) is 18.4 Å². The van der Waals surface area contributed by atoms with Crippen LogP contribution in [-0.4, -0.2) is 41.4 Å². The molecule has 9 heteroatoms. The largest absolute Gasteiger partial charge is 0.484 e. The van der Waals surface area contributed by atoms with Gasteiger partial charge in [0.05, 0.1) is 5.01 Å². The molecule has 3 aromatic rings. The molecule has 2 amide bonds. The highest BCUT2D eigenvalue weighted by Gasteiger charge is 2.26. The Labute approximate surface area is 206 Å². The molecule has 1 fully saturated rings. The number of thiazole rings is 1. The minimum absolute atomic E-state index is 0.00336. The monoisotopic (exact) mass is 499 g/mol. The number of halogens is 2. The zero-order chi connectivity index (χ0) is 24.9. The molecular formula is C26H27F2N3O3S. The minimum atomic E-state index is -0.704. The molecule has 1 aromatic heterocycles. The maximum absolute atomic E-state index is 13.8. The number of carbonyl (C=O) groups is 2. The number of likely N-dealkylation sites (tertiary alicyclic amines) is 1. The van der Waals surface area contributed by atoms with Crippen LogP contribution in [0.1, 0.15) is 50.9 Å². The van der Waals surface area contributed by atoms with E-state index in [0.717, 1.165) is 35.5 Å². The summed E-state index contributed by atoms with van der Waals surface area (Å²) in [5.41, 5.74) is 2.77. The lowest BCUT2D eigenvalue weighted by Crippen LogP contribution is -2.40. The first-order chi connectivity index (χ1) is 16.8. The smallest absolute Gasteiger partial charge is 0.271 e. The molecule has 4 rings (SSSR count). The zero-order valence-corrected chi connectivity index (χ0v) is 20.5. The number of aryl methyl sites for hydroxylation is 2. The summed E-state index contributed by atoms with van der Waals surface area (Å²) in [6.45, 7) is 5.19. The SMILES string of the molecule is Cc1ccc(OCC(=O)N2CCC(c3nc(C(=O)NCc4ccc(F)cc4F)cs3)CC2)cc1C. The number of piperidine rings is 1. The molecule has 1 aliphatic heterocycles. The number of amides is 2. The molecule has 0 radical (unpaired) electrons. The maximum Gasteiger partial charge on any atom is 0.271 e. The van der Waals surface area contributed by atoms with Crippen LogP contribution in [-0.2, 0) is 11.3 Å². The van der Waals surface area contributed by atoms with E-state index in [1.54, 1.807) is 10.3 Å². The summed E-state index contributed by atoms with van der Waals surface area (Å²) in [6, 6.07) is 9.02. The summed E-state index contributed by atoms with van der Waals surface area (Å²) in [7, 11) is 0. The molecule has 0 saturated carbocycles. The average molecular weight is 500 g/mol. The van der Waals surface area contributed by atoms with E-state index < -0.39 is 17.5 Å². The van der Waals surface area contributed by atoms with Crippen LogP contribution in [0.15, 0.2) is 41.8 Å². The Bertz CT molecular complexity index is 1220. The van der Waals surface area contributed by atoms with E-state index in [4.69, 9.17) is 4.74 Å². The molecule has 0 spiro atoms. The van der Waals surface area contributed by atoms with E-state index in [2.05, 4.69) is 10.3 Å². The lowest BCUT2D eigenvalue weighted by Gasteiger charge is -2.31. The number of hydrogen-bond donors (Lipinski definition) is 1. The molecule has 0 unspecified atom stereocenters. The van der Waals surface area contributed by atoms with Crippen LogP contribution >= 0.6 is 11.3 Å². The van der Waals surface area contributed by atoms with Crippen molar-refractivity contribution >= 4 is 23.2 Å². The standard InChI is InChI=1S/C26H27F2N3O3S/c1-16-3-6-21(11-17(16)2)34-14-24(32)31-9-7-18(8-10-31)26-30-23(15-35-26)25(33)29-13-19-4-5-20(27)12-22(19)28/h3-6,11-12,15,18H,7-10,13-14H2,1-2H3,(H,29,33). The van der Waals surface area contributed by atoms with Gasteiger partial charge in [-0.25, -0.2) is 13.8 Å². The van der Waals surface area contributed by atoms with Gasteiger partial charge in [-0.1, -0.05) is 12.1 Å². The van der Waals surface area contributed by atoms with Gasteiger partial charge in [0.15, 0.2) is 6.61 Å². The van der Waals surface area contributed by atoms with Crippen molar-refractivity contribution in [3.05, 3.63) is 80.8 Å². The quantitative estimate of drug-likeness (QED) is 0.509. The molecule has 2 aromatic carbocycles. The molecule has 184 valence electrons. The summed E-state index contributed by atoms with van der Waals surface area (Å²) in [5, 5.41) is 5.15. The second-order valence-electron chi connectivity index (χ2n) is 8.68. The van der Waals surface area contributed by atoms with E-state index in [-0.39, 0.29) is 36.2 Å². The van der Waals surface area contributed by atoms with Crippen molar-refractivity contribution in [1.82, 2.24) is 15.2 Å². The van der Waals surface area contributed by atoms with Gasteiger partial charge in [0.2, 0.25) is 0 Å². The van der Waals surface area contributed by atoms with Crippen molar-refractivity contribution in [2.24, 2.45) is 0 Å². The normalized spacial score (nSPS) is 14.1. The molecule has 1 saturated heterocycles. The summed E-state index contributed by atoms with van der Waals surface area (Å²) < 4.78 is 32.5. The lowest BCUT2D eigenvalue weighted by atomic mass is 9.97. The Morgan fingerprint density at radius 1 is 1.11 bits per heavy atom. The van der Waals surface area contributed by atoms with Gasteiger partial charge in [0, 0.05) is 42.6 Å². The molecule has 2 heterocycles. The molecule has 1 N–H and O–H groups in total.